The van der Waals surface area contributed by atoms with Gasteiger partial charge in [0.25, 0.3) is 0 Å². The smallest absolute Gasteiger partial charge is 0.147 e. The number of nitrogen functional groups attached to an aromatic ring is 1. The largest absolute Gasteiger partial charge is 0.382 e. The molecular formula is C14H14N4S2. The van der Waals surface area contributed by atoms with E-state index in [0.717, 1.165) is 29.1 Å². The van der Waals surface area contributed by atoms with Crippen LogP contribution in [0.5, 0.6) is 0 Å². The van der Waals surface area contributed by atoms with Crippen LogP contribution in [0.25, 0.3) is 11.1 Å². The van der Waals surface area contributed by atoms with E-state index in [2.05, 4.69) is 32.2 Å². The fourth-order valence-electron chi connectivity index (χ4n) is 1.97. The number of nitrogens with one attached hydrogen (secondary N) is 1. The standard InChI is InChI=1S/C14H14N4S2/c15-13-12(10-3-6-16-7-4-10)14(20-18-13)17-8-5-11-2-1-9-19-11/h1-4,6-7,9,17H,5,8H2,(H2,15,18). The highest BCUT2D eigenvalue weighted by Crippen LogP contribution is 2.36. The number of hydrogen-bond donors (Lipinski definition) is 2. The molecule has 3 aromatic rings. The first-order valence-corrected chi connectivity index (χ1v) is 7.91. The van der Waals surface area contributed by atoms with Gasteiger partial charge >= 0.3 is 0 Å². The maximum Gasteiger partial charge on any atom is 0.147 e. The summed E-state index contributed by atoms with van der Waals surface area (Å²) in [6.45, 7) is 0.875. The topological polar surface area (TPSA) is 63.8 Å². The average molecular weight is 302 g/mol. The second kappa shape index (κ2) is 6.02. The Morgan fingerprint density at radius 1 is 1.20 bits per heavy atom. The van der Waals surface area contributed by atoms with E-state index in [4.69, 9.17) is 5.73 Å². The Labute approximate surface area is 125 Å². The maximum absolute atomic E-state index is 5.98. The fraction of sp³-hybridized carbons (Fsp3) is 0.143. The summed E-state index contributed by atoms with van der Waals surface area (Å²) in [5.41, 5.74) is 8.00. The summed E-state index contributed by atoms with van der Waals surface area (Å²) in [5.74, 6) is 0.569. The molecule has 3 N–H and O–H groups in total. The number of thiophene rings is 1. The Morgan fingerprint density at radius 2 is 2.05 bits per heavy atom. The zero-order valence-corrected chi connectivity index (χ0v) is 12.4. The minimum Gasteiger partial charge on any atom is -0.382 e. The van der Waals surface area contributed by atoms with Crippen LogP contribution in [-0.2, 0) is 6.42 Å². The fourth-order valence-corrected chi connectivity index (χ4v) is 3.44. The molecule has 0 saturated carbocycles. The van der Waals surface area contributed by atoms with E-state index in [0.29, 0.717) is 5.82 Å². The molecule has 0 atom stereocenters. The molecule has 0 fully saturated rings. The molecular weight excluding hydrogens is 288 g/mol. The Balaban J connectivity index is 1.74. The number of nitrogens with two attached hydrogens (primary N) is 1. The lowest BCUT2D eigenvalue weighted by molar-refractivity contribution is 1.05. The monoisotopic (exact) mass is 302 g/mol. The number of rotatable bonds is 5. The molecule has 0 aliphatic heterocycles. The van der Waals surface area contributed by atoms with E-state index in [-0.39, 0.29) is 0 Å². The molecule has 102 valence electrons. The van der Waals surface area contributed by atoms with Gasteiger partial charge in [-0.25, -0.2) is 0 Å². The first kappa shape index (κ1) is 13.1. The summed E-state index contributed by atoms with van der Waals surface area (Å²) in [6, 6.07) is 8.12. The highest BCUT2D eigenvalue weighted by molar-refractivity contribution is 7.11. The van der Waals surface area contributed by atoms with E-state index >= 15 is 0 Å². The second-order valence-electron chi connectivity index (χ2n) is 4.26. The molecule has 0 aliphatic carbocycles. The van der Waals surface area contributed by atoms with Gasteiger partial charge in [-0.1, -0.05) is 6.07 Å². The molecule has 3 aromatic heterocycles. The number of hydrogen-bond acceptors (Lipinski definition) is 6. The van der Waals surface area contributed by atoms with Gasteiger partial charge in [0.1, 0.15) is 10.8 Å². The molecule has 3 heterocycles. The summed E-state index contributed by atoms with van der Waals surface area (Å²) in [6.07, 6.45) is 4.54. The number of nitrogens with zero attached hydrogens (tertiary/aromatic N) is 2. The van der Waals surface area contributed by atoms with Crippen molar-refractivity contribution in [2.45, 2.75) is 6.42 Å². The lowest BCUT2D eigenvalue weighted by Gasteiger charge is -2.06. The predicted octanol–water partition coefficient (Wildman–Crippen LogP) is 3.50. The first-order valence-electron chi connectivity index (χ1n) is 6.26. The molecule has 0 bridgehead atoms. The van der Waals surface area contributed by atoms with E-state index in [1.807, 2.05) is 12.1 Å². The van der Waals surface area contributed by atoms with Crippen LogP contribution in [0.2, 0.25) is 0 Å². The van der Waals surface area contributed by atoms with Gasteiger partial charge in [-0.2, -0.15) is 4.37 Å². The van der Waals surface area contributed by atoms with Crippen molar-refractivity contribution in [1.29, 1.82) is 0 Å². The average Bonchev–Trinajstić information content (AvgIpc) is 3.10. The van der Waals surface area contributed by atoms with Gasteiger partial charge in [0.15, 0.2) is 0 Å². The predicted molar refractivity (Wildman–Crippen MR) is 86.3 cm³/mol. The lowest BCUT2D eigenvalue weighted by Crippen LogP contribution is -2.03. The third kappa shape index (κ3) is 2.81. The molecule has 3 rings (SSSR count). The number of anilines is 2. The minimum absolute atomic E-state index is 0.569. The zero-order valence-electron chi connectivity index (χ0n) is 10.7. The maximum atomic E-state index is 5.98. The summed E-state index contributed by atoms with van der Waals surface area (Å²) in [5, 5.41) is 6.55. The van der Waals surface area contributed by atoms with Crippen molar-refractivity contribution in [3.8, 4) is 11.1 Å². The zero-order chi connectivity index (χ0) is 13.8. The summed E-state index contributed by atoms with van der Waals surface area (Å²) in [7, 11) is 0. The normalized spacial score (nSPS) is 10.6. The first-order chi connectivity index (χ1) is 9.84. The molecule has 0 aromatic carbocycles. The molecule has 0 saturated heterocycles. The Kier molecular flexibility index (Phi) is 3.94. The summed E-state index contributed by atoms with van der Waals surface area (Å²) in [4.78, 5) is 5.41. The molecule has 0 radical (unpaired) electrons. The van der Waals surface area contributed by atoms with Gasteiger partial charge in [-0.3, -0.25) is 4.98 Å². The summed E-state index contributed by atoms with van der Waals surface area (Å²) >= 11 is 3.18. The molecule has 0 aliphatic rings. The van der Waals surface area contributed by atoms with Crippen LogP contribution in [0.3, 0.4) is 0 Å². The lowest BCUT2D eigenvalue weighted by atomic mass is 10.1. The van der Waals surface area contributed by atoms with E-state index in [1.54, 1.807) is 23.7 Å². The van der Waals surface area contributed by atoms with Gasteiger partial charge < -0.3 is 11.1 Å². The minimum atomic E-state index is 0.569. The molecule has 4 nitrogen and oxygen atoms in total. The van der Waals surface area contributed by atoms with Gasteiger partial charge in [0.05, 0.1) is 5.56 Å². The van der Waals surface area contributed by atoms with Crippen molar-refractivity contribution >= 4 is 33.7 Å². The molecule has 0 unspecified atom stereocenters. The van der Waals surface area contributed by atoms with Crippen LogP contribution in [0.15, 0.2) is 42.0 Å². The Morgan fingerprint density at radius 3 is 2.80 bits per heavy atom. The second-order valence-corrected chi connectivity index (χ2v) is 6.07. The van der Waals surface area contributed by atoms with Gasteiger partial charge in [-0.15, -0.1) is 11.3 Å². The third-order valence-corrected chi connectivity index (χ3v) is 4.68. The SMILES string of the molecule is Nc1nsc(NCCc2cccs2)c1-c1ccncc1. The number of pyridine rings is 1. The van der Waals surface area contributed by atoms with Crippen LogP contribution in [0.4, 0.5) is 10.8 Å². The molecule has 0 amide bonds. The molecule has 20 heavy (non-hydrogen) atoms. The van der Waals surface area contributed by atoms with E-state index in [1.165, 1.54) is 16.4 Å². The van der Waals surface area contributed by atoms with Crippen molar-refractivity contribution in [3.63, 3.8) is 0 Å². The van der Waals surface area contributed by atoms with Crippen LogP contribution in [0, 0.1) is 0 Å². The van der Waals surface area contributed by atoms with Crippen LogP contribution in [0.1, 0.15) is 4.88 Å². The highest BCUT2D eigenvalue weighted by Gasteiger charge is 2.13. The van der Waals surface area contributed by atoms with Crippen molar-refractivity contribution in [2.75, 3.05) is 17.6 Å². The third-order valence-electron chi connectivity index (χ3n) is 2.92. The summed E-state index contributed by atoms with van der Waals surface area (Å²) < 4.78 is 4.25. The van der Waals surface area contributed by atoms with Crippen molar-refractivity contribution in [3.05, 3.63) is 46.9 Å². The van der Waals surface area contributed by atoms with Gasteiger partial charge in [0, 0.05) is 23.8 Å². The van der Waals surface area contributed by atoms with Crippen LogP contribution in [-0.4, -0.2) is 15.9 Å². The van der Waals surface area contributed by atoms with Crippen LogP contribution < -0.4 is 11.1 Å². The van der Waals surface area contributed by atoms with E-state index < -0.39 is 0 Å². The Hall–Kier alpha value is -1.92. The van der Waals surface area contributed by atoms with Crippen LogP contribution >= 0.6 is 22.9 Å². The molecule has 6 heteroatoms. The van der Waals surface area contributed by atoms with Crippen molar-refractivity contribution in [2.24, 2.45) is 0 Å². The highest BCUT2D eigenvalue weighted by atomic mass is 32.1. The van der Waals surface area contributed by atoms with Gasteiger partial charge in [0.2, 0.25) is 0 Å². The van der Waals surface area contributed by atoms with E-state index in [9.17, 15) is 0 Å². The van der Waals surface area contributed by atoms with Crippen molar-refractivity contribution < 1.29 is 0 Å². The quantitative estimate of drug-likeness (QED) is 0.757. The van der Waals surface area contributed by atoms with Crippen molar-refractivity contribution in [1.82, 2.24) is 9.36 Å². The Bertz CT molecular complexity index is 662. The van der Waals surface area contributed by atoms with Gasteiger partial charge in [-0.05, 0) is 47.1 Å². The number of aromatic nitrogens is 2. The molecule has 0 spiro atoms.